The molecule has 0 aliphatic carbocycles. The van der Waals surface area contributed by atoms with E-state index in [1.165, 1.54) is 0 Å². The van der Waals surface area contributed by atoms with Gasteiger partial charge in [0.05, 0.1) is 12.2 Å². The van der Waals surface area contributed by atoms with Gasteiger partial charge in [0, 0.05) is 5.69 Å². The van der Waals surface area contributed by atoms with E-state index in [0.29, 0.717) is 0 Å². The number of hydrogen-bond acceptors (Lipinski definition) is 4. The van der Waals surface area contributed by atoms with Crippen LogP contribution in [0.5, 0.6) is 0 Å². The first kappa shape index (κ1) is 15.3. The van der Waals surface area contributed by atoms with Gasteiger partial charge in [-0.25, -0.2) is 10.5 Å². The fourth-order valence-corrected chi connectivity index (χ4v) is 2.31. The van der Waals surface area contributed by atoms with Crippen LogP contribution in [0.25, 0.3) is 5.65 Å². The molecule has 0 bridgehead atoms. The number of nitrogens with one attached hydrogen (secondary N) is 2. The number of amides is 1. The Labute approximate surface area is 124 Å². The lowest BCUT2D eigenvalue weighted by molar-refractivity contribution is -0.127. The number of rotatable bonds is 4. The van der Waals surface area contributed by atoms with Crippen molar-refractivity contribution in [2.45, 2.75) is 34.1 Å². The van der Waals surface area contributed by atoms with Gasteiger partial charge in [-0.1, -0.05) is 26.8 Å². The van der Waals surface area contributed by atoms with Crippen LogP contribution in [0.2, 0.25) is 0 Å². The van der Waals surface area contributed by atoms with Gasteiger partial charge in [-0.05, 0) is 30.9 Å². The molecule has 2 rings (SSSR count). The second-order valence-corrected chi connectivity index (χ2v) is 6.39. The number of hydrogen-bond donors (Lipinski definition) is 3. The van der Waals surface area contributed by atoms with E-state index in [1.807, 2.05) is 29.5 Å². The molecule has 0 spiro atoms. The lowest BCUT2D eigenvalue weighted by Crippen LogP contribution is -2.27. The number of nitrogens with zero attached hydrogens (tertiary/aromatic N) is 2. The Morgan fingerprint density at radius 1 is 1.38 bits per heavy atom. The second-order valence-electron chi connectivity index (χ2n) is 6.39. The van der Waals surface area contributed by atoms with Crippen molar-refractivity contribution in [1.82, 2.24) is 14.9 Å². The van der Waals surface area contributed by atoms with Gasteiger partial charge < -0.3 is 5.32 Å². The highest BCUT2D eigenvalue weighted by Crippen LogP contribution is 2.27. The molecule has 0 saturated heterocycles. The van der Waals surface area contributed by atoms with E-state index in [0.717, 1.165) is 29.3 Å². The Balaban J connectivity index is 2.46. The third-order valence-corrected chi connectivity index (χ3v) is 3.15. The number of aromatic nitrogens is 2. The molecule has 0 aromatic carbocycles. The van der Waals surface area contributed by atoms with Gasteiger partial charge in [-0.2, -0.15) is 0 Å². The summed E-state index contributed by atoms with van der Waals surface area (Å²) in [5, 5.41) is 11.7. The maximum absolute atomic E-state index is 11.3. The molecule has 21 heavy (non-hydrogen) atoms. The molecule has 2 aromatic heterocycles. The largest absolute Gasteiger partial charge is 0.360 e. The third-order valence-electron chi connectivity index (χ3n) is 3.15. The zero-order valence-electron chi connectivity index (χ0n) is 12.9. The van der Waals surface area contributed by atoms with Crippen LogP contribution in [0.3, 0.4) is 0 Å². The van der Waals surface area contributed by atoms with Gasteiger partial charge in [0.1, 0.15) is 11.5 Å². The summed E-state index contributed by atoms with van der Waals surface area (Å²) in [6, 6.07) is 5.89. The molecule has 0 atom stereocenters. The summed E-state index contributed by atoms with van der Waals surface area (Å²) in [5.41, 5.74) is 4.51. The van der Waals surface area contributed by atoms with Gasteiger partial charge >= 0.3 is 0 Å². The molecule has 0 unspecified atom stereocenters. The maximum atomic E-state index is 11.3. The Morgan fingerprint density at radius 3 is 2.71 bits per heavy atom. The van der Waals surface area contributed by atoms with Crippen LogP contribution in [-0.4, -0.2) is 27.0 Å². The van der Waals surface area contributed by atoms with E-state index in [1.54, 1.807) is 5.48 Å². The SMILES string of the molecule is Cc1cccc2nc(CC(C)(C)C)c(NCC(=O)NO)n12. The molecular formula is C15H22N4O2. The van der Waals surface area contributed by atoms with Gasteiger partial charge in [0.2, 0.25) is 0 Å². The summed E-state index contributed by atoms with van der Waals surface area (Å²) in [5.74, 6) is 0.321. The molecular weight excluding hydrogens is 268 g/mol. The standard InChI is InChI=1S/C15H22N4O2/c1-10-6-5-7-12-17-11(8-15(2,3)4)14(19(10)12)16-9-13(20)18-21/h5-7,16,21H,8-9H2,1-4H3,(H,18,20). The maximum Gasteiger partial charge on any atom is 0.262 e. The Bertz CT molecular complexity index is 655. The van der Waals surface area contributed by atoms with Crippen LogP contribution in [-0.2, 0) is 11.2 Å². The van der Waals surface area contributed by atoms with Crippen molar-refractivity contribution in [1.29, 1.82) is 0 Å². The van der Waals surface area contributed by atoms with Crippen molar-refractivity contribution in [3.05, 3.63) is 29.6 Å². The number of hydroxylamine groups is 1. The number of carbonyl (C=O) groups is 1. The van der Waals surface area contributed by atoms with Crippen molar-refractivity contribution in [3.8, 4) is 0 Å². The van der Waals surface area contributed by atoms with E-state index in [9.17, 15) is 4.79 Å². The lowest BCUT2D eigenvalue weighted by atomic mass is 9.90. The molecule has 0 aliphatic rings. The average molecular weight is 290 g/mol. The smallest absolute Gasteiger partial charge is 0.262 e. The summed E-state index contributed by atoms with van der Waals surface area (Å²) in [6.07, 6.45) is 0.789. The Kier molecular flexibility index (Phi) is 4.18. The van der Waals surface area contributed by atoms with E-state index < -0.39 is 5.91 Å². The molecule has 3 N–H and O–H groups in total. The van der Waals surface area contributed by atoms with Crippen molar-refractivity contribution in [2.24, 2.45) is 5.41 Å². The molecule has 2 aromatic rings. The number of aryl methyl sites for hydroxylation is 1. The van der Waals surface area contributed by atoms with Crippen LogP contribution in [0.1, 0.15) is 32.2 Å². The molecule has 114 valence electrons. The van der Waals surface area contributed by atoms with E-state index in [4.69, 9.17) is 5.21 Å². The average Bonchev–Trinajstić information content (AvgIpc) is 2.72. The molecule has 0 aliphatic heterocycles. The predicted octanol–water partition coefficient (Wildman–Crippen LogP) is 2.15. The molecule has 0 fully saturated rings. The number of imidazole rings is 1. The monoisotopic (exact) mass is 290 g/mol. The fourth-order valence-electron chi connectivity index (χ4n) is 2.31. The van der Waals surface area contributed by atoms with Crippen LogP contribution in [0.15, 0.2) is 18.2 Å². The molecule has 0 saturated carbocycles. The van der Waals surface area contributed by atoms with Gasteiger partial charge in [0.25, 0.3) is 5.91 Å². The summed E-state index contributed by atoms with van der Waals surface area (Å²) < 4.78 is 1.99. The number of carbonyl (C=O) groups excluding carboxylic acids is 1. The first-order valence-corrected chi connectivity index (χ1v) is 6.95. The summed E-state index contributed by atoms with van der Waals surface area (Å²) in [6.45, 7) is 8.43. The molecule has 6 nitrogen and oxygen atoms in total. The number of fused-ring (bicyclic) bond motifs is 1. The van der Waals surface area contributed by atoms with Gasteiger partial charge in [-0.15, -0.1) is 0 Å². The van der Waals surface area contributed by atoms with Crippen molar-refractivity contribution < 1.29 is 10.0 Å². The minimum absolute atomic E-state index is 0.00420. The highest BCUT2D eigenvalue weighted by atomic mass is 16.5. The minimum atomic E-state index is -0.486. The van der Waals surface area contributed by atoms with Crippen molar-refractivity contribution in [2.75, 3.05) is 11.9 Å². The summed E-state index contributed by atoms with van der Waals surface area (Å²) >= 11 is 0. The topological polar surface area (TPSA) is 78.7 Å². The zero-order valence-corrected chi connectivity index (χ0v) is 12.9. The van der Waals surface area contributed by atoms with Crippen LogP contribution in [0.4, 0.5) is 5.82 Å². The minimum Gasteiger partial charge on any atom is -0.360 e. The quantitative estimate of drug-likeness (QED) is 0.595. The highest BCUT2D eigenvalue weighted by molar-refractivity contribution is 5.79. The lowest BCUT2D eigenvalue weighted by Gasteiger charge is -2.18. The summed E-state index contributed by atoms with van der Waals surface area (Å²) in [7, 11) is 0. The molecule has 0 radical (unpaired) electrons. The Hall–Kier alpha value is -2.08. The zero-order chi connectivity index (χ0) is 15.6. The number of anilines is 1. The second kappa shape index (κ2) is 5.73. The van der Waals surface area contributed by atoms with Crippen molar-refractivity contribution in [3.63, 3.8) is 0 Å². The normalized spacial score (nSPS) is 11.7. The van der Waals surface area contributed by atoms with Crippen LogP contribution in [0, 0.1) is 12.3 Å². The van der Waals surface area contributed by atoms with Gasteiger partial charge in [0.15, 0.2) is 0 Å². The third kappa shape index (κ3) is 3.52. The van der Waals surface area contributed by atoms with Crippen molar-refractivity contribution >= 4 is 17.4 Å². The predicted molar refractivity (Wildman–Crippen MR) is 81.5 cm³/mol. The Morgan fingerprint density at radius 2 is 2.10 bits per heavy atom. The molecule has 6 heteroatoms. The first-order chi connectivity index (χ1) is 9.81. The first-order valence-electron chi connectivity index (χ1n) is 6.95. The fraction of sp³-hybridized carbons (Fsp3) is 0.467. The number of pyridine rings is 1. The van der Waals surface area contributed by atoms with Crippen LogP contribution >= 0.6 is 0 Å². The molecule has 2 heterocycles. The van der Waals surface area contributed by atoms with E-state index >= 15 is 0 Å². The van der Waals surface area contributed by atoms with E-state index in [-0.39, 0.29) is 12.0 Å². The highest BCUT2D eigenvalue weighted by Gasteiger charge is 2.20. The summed E-state index contributed by atoms with van der Waals surface area (Å²) in [4.78, 5) is 15.9. The molecule has 1 amide bonds. The van der Waals surface area contributed by atoms with E-state index in [2.05, 4.69) is 31.1 Å². The van der Waals surface area contributed by atoms with Crippen LogP contribution < -0.4 is 10.8 Å². The van der Waals surface area contributed by atoms with Gasteiger partial charge in [-0.3, -0.25) is 14.4 Å².